The van der Waals surface area contributed by atoms with Gasteiger partial charge in [-0.1, -0.05) is 25.1 Å². The molecule has 0 unspecified atom stereocenters. The first-order valence-electron chi connectivity index (χ1n) is 11.5. The predicted molar refractivity (Wildman–Crippen MR) is 136 cm³/mol. The molecule has 1 N–H and O–H groups in total. The Kier molecular flexibility index (Phi) is 10.1. The van der Waals surface area contributed by atoms with Crippen LogP contribution in [0.5, 0.6) is 11.5 Å². The topological polar surface area (TPSA) is 105 Å². The summed E-state index contributed by atoms with van der Waals surface area (Å²) in [6.45, 7) is 4.41. The summed E-state index contributed by atoms with van der Waals surface area (Å²) < 4.78 is 51.3. The fourth-order valence-corrected chi connectivity index (χ4v) is 4.30. The largest absolute Gasteiger partial charge is 0.497 e. The Labute approximate surface area is 212 Å². The Morgan fingerprint density at radius 1 is 1.08 bits per heavy atom. The van der Waals surface area contributed by atoms with Crippen molar-refractivity contribution in [1.29, 1.82) is 0 Å². The van der Waals surface area contributed by atoms with E-state index in [2.05, 4.69) is 5.32 Å². The van der Waals surface area contributed by atoms with Gasteiger partial charge >= 0.3 is 0 Å². The third-order valence-corrected chi connectivity index (χ3v) is 6.93. The smallest absolute Gasteiger partial charge is 0.244 e. The van der Waals surface area contributed by atoms with Crippen molar-refractivity contribution >= 4 is 27.5 Å². The fraction of sp³-hybridized carbons (Fsp3) is 0.440. The molecule has 2 amide bonds. The molecule has 0 saturated heterocycles. The number of halogens is 1. The summed E-state index contributed by atoms with van der Waals surface area (Å²) in [4.78, 5) is 27.6. The average molecular weight is 524 g/mol. The first kappa shape index (κ1) is 28.9. The number of ether oxygens (including phenoxy) is 2. The van der Waals surface area contributed by atoms with Gasteiger partial charge in [0.2, 0.25) is 21.8 Å². The van der Waals surface area contributed by atoms with E-state index in [1.165, 1.54) is 56.4 Å². The number of carbonyl (C=O) groups is 2. The summed E-state index contributed by atoms with van der Waals surface area (Å²) in [5.74, 6) is -1.04. The summed E-state index contributed by atoms with van der Waals surface area (Å²) in [7, 11) is -1.13. The van der Waals surface area contributed by atoms with Gasteiger partial charge < -0.3 is 19.7 Å². The summed E-state index contributed by atoms with van der Waals surface area (Å²) >= 11 is 0. The molecule has 36 heavy (non-hydrogen) atoms. The number of amides is 2. The number of methoxy groups -OCH3 is 2. The van der Waals surface area contributed by atoms with Crippen LogP contribution >= 0.6 is 0 Å². The Balaban J connectivity index is 2.47. The summed E-state index contributed by atoms with van der Waals surface area (Å²) in [5.41, 5.74) is 0.318. The molecular weight excluding hydrogens is 489 g/mol. The Morgan fingerprint density at radius 2 is 1.75 bits per heavy atom. The molecule has 0 bridgehead atoms. The monoisotopic (exact) mass is 523 g/mol. The molecule has 0 aliphatic carbocycles. The SMILES string of the molecule is CC[C@H](C)NC(=O)[C@@H](C)N(Cc1ccccc1F)C(=O)CN(c1ccc(OC)cc1OC)S(C)(=O)=O. The minimum Gasteiger partial charge on any atom is -0.497 e. The van der Waals surface area contributed by atoms with E-state index in [0.29, 0.717) is 12.2 Å². The molecule has 2 rings (SSSR count). The zero-order valence-electron chi connectivity index (χ0n) is 21.4. The van der Waals surface area contributed by atoms with Crippen molar-refractivity contribution in [1.82, 2.24) is 10.2 Å². The van der Waals surface area contributed by atoms with E-state index in [9.17, 15) is 22.4 Å². The molecule has 198 valence electrons. The standard InChI is InChI=1S/C25H34FN3O6S/c1-7-17(2)27-25(31)18(3)28(15-19-10-8-9-11-21(19)26)24(30)16-29(36(6,32)33)22-13-12-20(34-4)14-23(22)35-5/h8-14,17-18H,7,15-16H2,1-6H3,(H,27,31)/t17-,18+/m0/s1. The molecule has 0 saturated carbocycles. The number of sulfonamides is 1. The van der Waals surface area contributed by atoms with Crippen LogP contribution in [0.15, 0.2) is 42.5 Å². The maximum absolute atomic E-state index is 14.5. The predicted octanol–water partition coefficient (Wildman–Crippen LogP) is 2.94. The number of anilines is 1. The first-order chi connectivity index (χ1) is 16.9. The number of nitrogens with one attached hydrogen (secondary N) is 1. The second-order valence-corrected chi connectivity index (χ2v) is 10.3. The zero-order valence-corrected chi connectivity index (χ0v) is 22.3. The molecule has 2 atom stereocenters. The second-order valence-electron chi connectivity index (χ2n) is 8.41. The Bertz CT molecular complexity index is 1170. The van der Waals surface area contributed by atoms with Crippen LogP contribution in [0.25, 0.3) is 0 Å². The highest BCUT2D eigenvalue weighted by atomic mass is 32.2. The van der Waals surface area contributed by atoms with Crippen LogP contribution in [-0.2, 0) is 26.2 Å². The van der Waals surface area contributed by atoms with Crippen LogP contribution in [0.3, 0.4) is 0 Å². The minimum atomic E-state index is -3.96. The van der Waals surface area contributed by atoms with Crippen LogP contribution in [0.1, 0.15) is 32.8 Å². The van der Waals surface area contributed by atoms with E-state index in [-0.39, 0.29) is 29.6 Å². The van der Waals surface area contributed by atoms with Gasteiger partial charge in [0.05, 0.1) is 26.2 Å². The van der Waals surface area contributed by atoms with Gasteiger partial charge in [0.25, 0.3) is 0 Å². The lowest BCUT2D eigenvalue weighted by Crippen LogP contribution is -2.52. The van der Waals surface area contributed by atoms with Gasteiger partial charge in [0.15, 0.2) is 0 Å². The molecule has 0 aliphatic heterocycles. The van der Waals surface area contributed by atoms with Gasteiger partial charge in [-0.3, -0.25) is 13.9 Å². The lowest BCUT2D eigenvalue weighted by Gasteiger charge is -2.32. The fourth-order valence-electron chi connectivity index (χ4n) is 3.44. The van der Waals surface area contributed by atoms with Gasteiger partial charge in [-0.05, 0) is 38.5 Å². The van der Waals surface area contributed by atoms with E-state index in [0.717, 1.165) is 10.6 Å². The normalized spacial score (nSPS) is 12.9. The summed E-state index contributed by atoms with van der Waals surface area (Å²) in [5, 5.41) is 2.82. The molecule has 0 radical (unpaired) electrons. The van der Waals surface area contributed by atoms with E-state index < -0.39 is 40.2 Å². The molecule has 2 aromatic carbocycles. The Morgan fingerprint density at radius 3 is 2.31 bits per heavy atom. The van der Waals surface area contributed by atoms with Gasteiger partial charge in [-0.15, -0.1) is 0 Å². The molecular formula is C25H34FN3O6S. The number of rotatable bonds is 12. The number of hydrogen-bond donors (Lipinski definition) is 1. The highest BCUT2D eigenvalue weighted by Gasteiger charge is 2.32. The highest BCUT2D eigenvalue weighted by molar-refractivity contribution is 7.92. The molecule has 0 fully saturated rings. The van der Waals surface area contributed by atoms with Crippen LogP contribution in [0.4, 0.5) is 10.1 Å². The van der Waals surface area contributed by atoms with E-state index in [1.54, 1.807) is 12.1 Å². The molecule has 11 heteroatoms. The molecule has 0 aliphatic rings. The summed E-state index contributed by atoms with van der Waals surface area (Å²) in [6.07, 6.45) is 1.64. The van der Waals surface area contributed by atoms with Gasteiger partial charge in [0.1, 0.15) is 29.9 Å². The van der Waals surface area contributed by atoms with Crippen molar-refractivity contribution in [3.63, 3.8) is 0 Å². The van der Waals surface area contributed by atoms with Crippen molar-refractivity contribution in [2.24, 2.45) is 0 Å². The van der Waals surface area contributed by atoms with Gasteiger partial charge in [-0.2, -0.15) is 0 Å². The molecule has 2 aromatic rings. The van der Waals surface area contributed by atoms with E-state index >= 15 is 0 Å². The van der Waals surface area contributed by atoms with Crippen molar-refractivity contribution in [3.05, 3.63) is 53.8 Å². The maximum Gasteiger partial charge on any atom is 0.244 e. The van der Waals surface area contributed by atoms with E-state index in [1.807, 2.05) is 13.8 Å². The third kappa shape index (κ3) is 7.33. The lowest BCUT2D eigenvalue weighted by atomic mass is 10.1. The van der Waals surface area contributed by atoms with Crippen molar-refractivity contribution in [2.45, 2.75) is 45.8 Å². The van der Waals surface area contributed by atoms with Crippen molar-refractivity contribution in [3.8, 4) is 11.5 Å². The third-order valence-electron chi connectivity index (χ3n) is 5.80. The van der Waals surface area contributed by atoms with Gasteiger partial charge in [0, 0.05) is 24.2 Å². The van der Waals surface area contributed by atoms with Crippen molar-refractivity contribution in [2.75, 3.05) is 31.3 Å². The second kappa shape index (κ2) is 12.6. The average Bonchev–Trinajstić information content (AvgIpc) is 2.85. The van der Waals surface area contributed by atoms with Gasteiger partial charge in [-0.25, -0.2) is 12.8 Å². The molecule has 0 spiro atoms. The number of hydrogen-bond acceptors (Lipinski definition) is 6. The lowest BCUT2D eigenvalue weighted by molar-refractivity contribution is -0.139. The van der Waals surface area contributed by atoms with Crippen LogP contribution in [0.2, 0.25) is 0 Å². The maximum atomic E-state index is 14.5. The van der Waals surface area contributed by atoms with Crippen LogP contribution in [0, 0.1) is 5.82 Å². The number of benzene rings is 2. The van der Waals surface area contributed by atoms with Crippen molar-refractivity contribution < 1.29 is 31.9 Å². The van der Waals surface area contributed by atoms with Crippen LogP contribution < -0.4 is 19.1 Å². The first-order valence-corrected chi connectivity index (χ1v) is 13.3. The highest BCUT2D eigenvalue weighted by Crippen LogP contribution is 2.33. The molecule has 9 nitrogen and oxygen atoms in total. The summed E-state index contributed by atoms with van der Waals surface area (Å²) in [6, 6.07) is 9.28. The van der Waals surface area contributed by atoms with E-state index in [4.69, 9.17) is 9.47 Å². The number of nitrogens with zero attached hydrogens (tertiary/aromatic N) is 2. The minimum absolute atomic E-state index is 0.122. The zero-order chi connectivity index (χ0) is 27.0. The Hall–Kier alpha value is -3.34. The number of carbonyl (C=O) groups excluding carboxylic acids is 2. The van der Waals surface area contributed by atoms with Crippen LogP contribution in [-0.4, -0.2) is 64.2 Å². The quantitative estimate of drug-likeness (QED) is 0.459. The molecule has 0 heterocycles. The molecule has 0 aromatic heterocycles.